The number of carbonyl (C=O) groups excluding carboxylic acids is 2. The van der Waals surface area contributed by atoms with E-state index in [0.717, 1.165) is 31.5 Å². The van der Waals surface area contributed by atoms with E-state index in [1.54, 1.807) is 60.7 Å². The summed E-state index contributed by atoms with van der Waals surface area (Å²) in [6.07, 6.45) is 1.83. The van der Waals surface area contributed by atoms with Crippen LogP contribution in [0.4, 0.5) is 0 Å². The Bertz CT molecular complexity index is 971. The van der Waals surface area contributed by atoms with Gasteiger partial charge in [0, 0.05) is 0 Å². The van der Waals surface area contributed by atoms with Crippen LogP contribution in [0, 0.1) is 0 Å². The lowest BCUT2D eigenvalue weighted by atomic mass is 10.1. The van der Waals surface area contributed by atoms with Crippen molar-refractivity contribution in [1.82, 2.24) is 5.32 Å². The lowest BCUT2D eigenvalue weighted by Gasteiger charge is -2.13. The normalized spacial score (nSPS) is 10.4. The quantitative estimate of drug-likeness (QED) is 0.320. The van der Waals surface area contributed by atoms with Gasteiger partial charge < -0.3 is 14.8 Å². The summed E-state index contributed by atoms with van der Waals surface area (Å²) >= 11 is 0. The molecule has 30 heavy (non-hydrogen) atoms. The second-order valence-corrected chi connectivity index (χ2v) is 6.79. The van der Waals surface area contributed by atoms with E-state index in [4.69, 9.17) is 9.47 Å². The van der Waals surface area contributed by atoms with E-state index in [2.05, 4.69) is 12.2 Å². The topological polar surface area (TPSA) is 64.6 Å². The van der Waals surface area contributed by atoms with E-state index in [0.29, 0.717) is 11.1 Å². The minimum absolute atomic E-state index is 0.207. The van der Waals surface area contributed by atoms with E-state index in [9.17, 15) is 9.59 Å². The summed E-state index contributed by atoms with van der Waals surface area (Å²) in [5.74, 6) is -0.585. The third-order valence-corrected chi connectivity index (χ3v) is 4.45. The maximum Gasteiger partial charge on any atom is 0.343 e. The SMILES string of the molecule is CCCNCCc1ccc(OC(=O)c2ccccc2)c(OC(=O)c2ccccc2)c1. The third-order valence-electron chi connectivity index (χ3n) is 4.45. The van der Waals surface area contributed by atoms with Crippen LogP contribution in [0.1, 0.15) is 39.6 Å². The van der Waals surface area contributed by atoms with Crippen LogP contribution in [0.15, 0.2) is 78.9 Å². The van der Waals surface area contributed by atoms with Crippen molar-refractivity contribution < 1.29 is 19.1 Å². The number of ether oxygens (including phenoxy) is 2. The Balaban J connectivity index is 1.81. The van der Waals surface area contributed by atoms with E-state index >= 15 is 0 Å². The molecule has 5 nitrogen and oxygen atoms in total. The zero-order chi connectivity index (χ0) is 21.2. The maximum absolute atomic E-state index is 12.6. The van der Waals surface area contributed by atoms with Gasteiger partial charge in [0.2, 0.25) is 0 Å². The molecule has 3 aromatic rings. The molecule has 0 heterocycles. The summed E-state index contributed by atoms with van der Waals surface area (Å²) in [5, 5.41) is 3.34. The minimum atomic E-state index is -0.509. The molecule has 0 bridgehead atoms. The average Bonchev–Trinajstić information content (AvgIpc) is 2.79. The Kier molecular flexibility index (Phi) is 7.75. The molecule has 0 aliphatic carbocycles. The van der Waals surface area contributed by atoms with Gasteiger partial charge in [0.1, 0.15) is 0 Å². The second kappa shape index (κ2) is 10.9. The van der Waals surface area contributed by atoms with Crippen LogP contribution in [0.5, 0.6) is 11.5 Å². The molecule has 0 amide bonds. The smallest absolute Gasteiger partial charge is 0.343 e. The Morgan fingerprint density at radius 2 is 1.30 bits per heavy atom. The Hall–Kier alpha value is -3.44. The molecule has 1 N–H and O–H groups in total. The first kappa shape index (κ1) is 21.3. The van der Waals surface area contributed by atoms with Crippen molar-refractivity contribution >= 4 is 11.9 Å². The molecule has 0 aliphatic rings. The maximum atomic E-state index is 12.6. The lowest BCUT2D eigenvalue weighted by molar-refractivity contribution is 0.0682. The van der Waals surface area contributed by atoms with Crippen LogP contribution >= 0.6 is 0 Å². The molecule has 3 rings (SSSR count). The molecule has 0 saturated carbocycles. The number of hydrogen-bond acceptors (Lipinski definition) is 5. The fourth-order valence-corrected chi connectivity index (χ4v) is 2.87. The number of benzene rings is 3. The molecule has 0 spiro atoms. The molecular formula is C25H25NO4. The molecule has 0 aromatic heterocycles. The molecule has 5 heteroatoms. The van der Waals surface area contributed by atoms with Crippen LogP contribution in [-0.2, 0) is 6.42 Å². The Labute approximate surface area is 176 Å². The lowest BCUT2D eigenvalue weighted by Crippen LogP contribution is -2.18. The van der Waals surface area contributed by atoms with Gasteiger partial charge in [-0.15, -0.1) is 0 Å². The molecule has 0 unspecified atom stereocenters. The van der Waals surface area contributed by atoms with E-state index < -0.39 is 11.9 Å². The first-order chi connectivity index (χ1) is 14.7. The van der Waals surface area contributed by atoms with Crippen LogP contribution in [0.25, 0.3) is 0 Å². The first-order valence-electron chi connectivity index (χ1n) is 10.1. The summed E-state index contributed by atoms with van der Waals surface area (Å²) < 4.78 is 11.1. The van der Waals surface area contributed by atoms with Crippen LogP contribution in [0.3, 0.4) is 0 Å². The van der Waals surface area contributed by atoms with Gasteiger partial charge in [-0.25, -0.2) is 9.59 Å². The van der Waals surface area contributed by atoms with E-state index in [1.807, 2.05) is 18.2 Å². The highest BCUT2D eigenvalue weighted by molar-refractivity contribution is 5.93. The average molecular weight is 403 g/mol. The van der Waals surface area contributed by atoms with Gasteiger partial charge >= 0.3 is 11.9 Å². The molecule has 0 fully saturated rings. The highest BCUT2D eigenvalue weighted by Gasteiger charge is 2.17. The Morgan fingerprint density at radius 1 is 0.733 bits per heavy atom. The summed E-state index contributed by atoms with van der Waals surface area (Å²) in [4.78, 5) is 25.0. The van der Waals surface area contributed by atoms with Crippen molar-refractivity contribution in [3.8, 4) is 11.5 Å². The molecule has 154 valence electrons. The van der Waals surface area contributed by atoms with Gasteiger partial charge in [0.05, 0.1) is 11.1 Å². The van der Waals surface area contributed by atoms with Gasteiger partial charge in [-0.1, -0.05) is 49.4 Å². The predicted octanol–water partition coefficient (Wildman–Crippen LogP) is 4.67. The zero-order valence-electron chi connectivity index (χ0n) is 17.0. The monoisotopic (exact) mass is 403 g/mol. The molecular weight excluding hydrogens is 378 g/mol. The van der Waals surface area contributed by atoms with Gasteiger partial charge in [-0.05, 0) is 67.9 Å². The van der Waals surface area contributed by atoms with Crippen LogP contribution in [-0.4, -0.2) is 25.0 Å². The standard InChI is InChI=1S/C25H25NO4/c1-2-16-26-17-15-19-13-14-22(29-24(27)20-9-5-3-6-10-20)23(18-19)30-25(28)21-11-7-4-8-12-21/h3-14,18,26H,2,15-17H2,1H3. The fraction of sp³-hybridized carbons (Fsp3) is 0.200. The molecule has 3 aromatic carbocycles. The van der Waals surface area contributed by atoms with E-state index in [-0.39, 0.29) is 11.5 Å². The predicted molar refractivity (Wildman–Crippen MR) is 116 cm³/mol. The first-order valence-corrected chi connectivity index (χ1v) is 10.1. The summed E-state index contributed by atoms with van der Waals surface area (Å²) in [6, 6.07) is 22.7. The molecule has 0 aliphatic heterocycles. The van der Waals surface area contributed by atoms with E-state index in [1.165, 1.54) is 0 Å². The summed E-state index contributed by atoms with van der Waals surface area (Å²) in [6.45, 7) is 3.87. The van der Waals surface area contributed by atoms with Crippen LogP contribution < -0.4 is 14.8 Å². The van der Waals surface area contributed by atoms with Gasteiger partial charge in [0.15, 0.2) is 11.5 Å². The van der Waals surface area contributed by atoms with Crippen molar-refractivity contribution in [3.05, 3.63) is 95.6 Å². The zero-order valence-corrected chi connectivity index (χ0v) is 17.0. The van der Waals surface area contributed by atoms with Crippen molar-refractivity contribution in [2.75, 3.05) is 13.1 Å². The number of nitrogens with one attached hydrogen (secondary N) is 1. The van der Waals surface area contributed by atoms with Gasteiger partial charge in [0.25, 0.3) is 0 Å². The highest BCUT2D eigenvalue weighted by atomic mass is 16.6. The van der Waals surface area contributed by atoms with Crippen LogP contribution in [0.2, 0.25) is 0 Å². The third kappa shape index (κ3) is 6.03. The molecule has 0 atom stereocenters. The van der Waals surface area contributed by atoms with Crippen molar-refractivity contribution in [1.29, 1.82) is 0 Å². The fourth-order valence-electron chi connectivity index (χ4n) is 2.87. The van der Waals surface area contributed by atoms with Gasteiger partial charge in [-0.2, -0.15) is 0 Å². The number of esters is 2. The van der Waals surface area contributed by atoms with Crippen molar-refractivity contribution in [2.45, 2.75) is 19.8 Å². The summed E-state index contributed by atoms with van der Waals surface area (Å²) in [7, 11) is 0. The molecule has 0 radical (unpaired) electrons. The Morgan fingerprint density at radius 3 is 1.87 bits per heavy atom. The van der Waals surface area contributed by atoms with Gasteiger partial charge in [-0.3, -0.25) is 0 Å². The highest BCUT2D eigenvalue weighted by Crippen LogP contribution is 2.30. The number of hydrogen-bond donors (Lipinski definition) is 1. The second-order valence-electron chi connectivity index (χ2n) is 6.79. The largest absolute Gasteiger partial charge is 0.419 e. The summed E-state index contributed by atoms with van der Waals surface area (Å²) in [5.41, 5.74) is 1.83. The number of rotatable bonds is 9. The number of carbonyl (C=O) groups is 2. The minimum Gasteiger partial charge on any atom is -0.419 e. The van der Waals surface area contributed by atoms with Crippen molar-refractivity contribution in [3.63, 3.8) is 0 Å². The molecule has 0 saturated heterocycles. The van der Waals surface area contributed by atoms with Crippen molar-refractivity contribution in [2.24, 2.45) is 0 Å².